The monoisotopic (exact) mass is 479 g/mol. The first kappa shape index (κ1) is 22.2. The molecule has 2 aromatic carbocycles. The Kier molecular flexibility index (Phi) is 6.35. The van der Waals surface area contributed by atoms with Gasteiger partial charge < -0.3 is 14.5 Å². The zero-order chi connectivity index (χ0) is 22.2. The number of ether oxygens (including phenoxy) is 1. The number of thiophene rings is 1. The molecule has 0 unspecified atom stereocenters. The number of rotatable bonds is 6. The summed E-state index contributed by atoms with van der Waals surface area (Å²) in [7, 11) is -1.64. The Bertz CT molecular complexity index is 1200. The third-order valence-electron chi connectivity index (χ3n) is 5.45. The fourth-order valence-corrected chi connectivity index (χ4v) is 6.75. The summed E-state index contributed by atoms with van der Waals surface area (Å²) in [4.78, 5) is 4.52. The predicted molar refractivity (Wildman–Crippen MR) is 130 cm³/mol. The van der Waals surface area contributed by atoms with E-state index in [9.17, 15) is 8.42 Å². The van der Waals surface area contributed by atoms with Crippen LogP contribution in [0.3, 0.4) is 0 Å². The highest BCUT2D eigenvalue weighted by Gasteiger charge is 2.24. The molecular weight excluding hydrogens is 454 g/mol. The lowest BCUT2D eigenvalue weighted by Gasteiger charge is -2.35. The van der Waals surface area contributed by atoms with E-state index < -0.39 is 10.0 Å². The summed E-state index contributed by atoms with van der Waals surface area (Å²) in [5.74, 6) is 0.766. The Morgan fingerprint density at radius 3 is 2.58 bits per heavy atom. The number of hydrogen-bond donors (Lipinski definition) is 1. The molecule has 0 amide bonds. The van der Waals surface area contributed by atoms with Gasteiger partial charge in [0, 0.05) is 35.9 Å². The molecule has 0 saturated carbocycles. The first-order valence-corrected chi connectivity index (χ1v) is 12.9. The lowest BCUT2D eigenvalue weighted by Crippen LogP contribution is -2.44. The average molecular weight is 480 g/mol. The van der Waals surface area contributed by atoms with Gasteiger partial charge in [0.05, 0.1) is 18.0 Å². The minimum absolute atomic E-state index is 0.305. The molecule has 2 heterocycles. The Balaban J connectivity index is 1.67. The maximum absolute atomic E-state index is 13.2. The molecule has 0 atom stereocenters. The summed E-state index contributed by atoms with van der Waals surface area (Å²) in [6, 6.07) is 10.9. The van der Waals surface area contributed by atoms with E-state index >= 15 is 0 Å². The number of piperazine rings is 1. The number of nitrogens with zero attached hydrogens (tertiary/aromatic N) is 2. The van der Waals surface area contributed by atoms with Crippen LogP contribution in [0.5, 0.6) is 5.75 Å². The molecule has 1 N–H and O–H groups in total. The maximum atomic E-state index is 13.2. The molecule has 3 aromatic rings. The van der Waals surface area contributed by atoms with Crippen molar-refractivity contribution in [2.24, 2.45) is 0 Å². The molecule has 166 valence electrons. The summed E-state index contributed by atoms with van der Waals surface area (Å²) in [5, 5.41) is 1.45. The van der Waals surface area contributed by atoms with Crippen molar-refractivity contribution in [3.8, 4) is 5.75 Å². The molecule has 1 saturated heterocycles. The number of fused-ring (bicyclic) bond motifs is 1. The van der Waals surface area contributed by atoms with Crippen molar-refractivity contribution < 1.29 is 13.2 Å². The van der Waals surface area contributed by atoms with E-state index in [1.165, 1.54) is 11.3 Å². The number of halogens is 1. The number of nitrogens with one attached hydrogen (secondary N) is 1. The molecule has 1 aliphatic heterocycles. The van der Waals surface area contributed by atoms with Gasteiger partial charge in [-0.05, 0) is 68.2 Å². The Morgan fingerprint density at radius 1 is 1.13 bits per heavy atom. The van der Waals surface area contributed by atoms with Crippen LogP contribution in [0.25, 0.3) is 10.1 Å². The topological polar surface area (TPSA) is 61.9 Å². The normalized spacial score (nSPS) is 15.4. The molecule has 1 aromatic heterocycles. The molecule has 0 aliphatic carbocycles. The molecule has 1 fully saturated rings. The second-order valence-electron chi connectivity index (χ2n) is 7.67. The van der Waals surface area contributed by atoms with Crippen molar-refractivity contribution in [3.63, 3.8) is 0 Å². The molecular formula is C22H26ClN3O3S2. The van der Waals surface area contributed by atoms with Gasteiger partial charge in [0.25, 0.3) is 10.0 Å². The summed E-state index contributed by atoms with van der Waals surface area (Å²) in [6.45, 7) is 7.94. The quantitative estimate of drug-likeness (QED) is 0.549. The Labute approximate surface area is 192 Å². The van der Waals surface area contributed by atoms with Gasteiger partial charge in [-0.2, -0.15) is 0 Å². The summed E-state index contributed by atoms with van der Waals surface area (Å²) in [6.07, 6.45) is 0. The van der Waals surface area contributed by atoms with Crippen LogP contribution < -0.4 is 14.4 Å². The van der Waals surface area contributed by atoms with Crippen LogP contribution in [0.2, 0.25) is 5.02 Å². The SMILES string of the molecule is CCOc1ccc(NS(=O)(=O)c2sc3ccc(Cl)cc3c2C)cc1N1CCN(C)CC1. The first-order chi connectivity index (χ1) is 14.8. The van der Waals surface area contributed by atoms with Crippen molar-refractivity contribution in [2.45, 2.75) is 18.1 Å². The lowest BCUT2D eigenvalue weighted by atomic mass is 10.2. The minimum Gasteiger partial charge on any atom is -0.492 e. The molecule has 6 nitrogen and oxygen atoms in total. The largest absolute Gasteiger partial charge is 0.492 e. The number of benzene rings is 2. The van der Waals surface area contributed by atoms with E-state index in [1.54, 1.807) is 12.1 Å². The van der Waals surface area contributed by atoms with Crippen molar-refractivity contribution >= 4 is 54.4 Å². The van der Waals surface area contributed by atoms with Gasteiger partial charge in [-0.25, -0.2) is 8.42 Å². The highest BCUT2D eigenvalue weighted by atomic mass is 35.5. The zero-order valence-electron chi connectivity index (χ0n) is 17.8. The third-order valence-corrected chi connectivity index (χ3v) is 8.96. The van der Waals surface area contributed by atoms with Crippen LogP contribution in [-0.2, 0) is 10.0 Å². The Morgan fingerprint density at radius 2 is 1.87 bits per heavy atom. The van der Waals surface area contributed by atoms with Crippen molar-refractivity contribution in [3.05, 3.63) is 47.0 Å². The second kappa shape index (κ2) is 8.86. The number of anilines is 2. The molecule has 0 radical (unpaired) electrons. The molecule has 9 heteroatoms. The first-order valence-electron chi connectivity index (χ1n) is 10.2. The number of likely N-dealkylation sites (N-methyl/N-ethyl adjacent to an activating group) is 1. The van der Waals surface area contributed by atoms with Gasteiger partial charge in [0.2, 0.25) is 0 Å². The maximum Gasteiger partial charge on any atom is 0.271 e. The van der Waals surface area contributed by atoms with E-state index in [4.69, 9.17) is 16.3 Å². The molecule has 0 spiro atoms. The van der Waals surface area contributed by atoms with Gasteiger partial charge >= 0.3 is 0 Å². The van der Waals surface area contributed by atoms with Crippen molar-refractivity contribution in [1.29, 1.82) is 0 Å². The Hall–Kier alpha value is -2.00. The van der Waals surface area contributed by atoms with Gasteiger partial charge in [-0.15, -0.1) is 11.3 Å². The van der Waals surface area contributed by atoms with Crippen LogP contribution in [0.4, 0.5) is 11.4 Å². The van der Waals surface area contributed by atoms with Gasteiger partial charge in [-0.3, -0.25) is 4.72 Å². The van der Waals surface area contributed by atoms with E-state index in [0.29, 0.717) is 27.1 Å². The molecule has 4 rings (SSSR count). The van der Waals surface area contributed by atoms with Crippen LogP contribution >= 0.6 is 22.9 Å². The zero-order valence-corrected chi connectivity index (χ0v) is 20.2. The van der Waals surface area contributed by atoms with Crippen LogP contribution in [-0.4, -0.2) is 53.2 Å². The average Bonchev–Trinajstić information content (AvgIpc) is 3.07. The van der Waals surface area contributed by atoms with E-state index in [0.717, 1.165) is 47.7 Å². The lowest BCUT2D eigenvalue weighted by molar-refractivity contribution is 0.307. The summed E-state index contributed by atoms with van der Waals surface area (Å²) in [5.41, 5.74) is 2.14. The van der Waals surface area contributed by atoms with Crippen molar-refractivity contribution in [2.75, 3.05) is 49.5 Å². The highest BCUT2D eigenvalue weighted by molar-refractivity contribution is 7.94. The summed E-state index contributed by atoms with van der Waals surface area (Å²) >= 11 is 7.36. The van der Waals surface area contributed by atoms with Crippen LogP contribution in [0.1, 0.15) is 12.5 Å². The predicted octanol–water partition coefficient (Wildman–Crippen LogP) is 4.81. The number of sulfonamides is 1. The number of aryl methyl sites for hydroxylation is 1. The van der Waals surface area contributed by atoms with Gasteiger partial charge in [0.1, 0.15) is 9.96 Å². The van der Waals surface area contributed by atoms with Crippen LogP contribution in [0.15, 0.2) is 40.6 Å². The molecule has 0 bridgehead atoms. The second-order valence-corrected chi connectivity index (χ2v) is 11.0. The van der Waals surface area contributed by atoms with Gasteiger partial charge in [0.15, 0.2) is 0 Å². The fourth-order valence-electron chi connectivity index (χ4n) is 3.78. The summed E-state index contributed by atoms with van der Waals surface area (Å²) < 4.78 is 36.2. The van der Waals surface area contributed by atoms with Crippen LogP contribution in [0, 0.1) is 6.92 Å². The third kappa shape index (κ3) is 4.62. The minimum atomic E-state index is -3.74. The van der Waals surface area contributed by atoms with Gasteiger partial charge in [-0.1, -0.05) is 11.6 Å². The standard InChI is InChI=1S/C22H26ClN3O3S2/c1-4-29-20-7-6-17(14-19(20)26-11-9-25(3)10-12-26)24-31(27,28)22-15(2)18-13-16(23)5-8-21(18)30-22/h5-8,13-14,24H,4,9-12H2,1-3H3. The van der Waals surface area contributed by atoms with Crippen molar-refractivity contribution in [1.82, 2.24) is 4.90 Å². The van der Waals surface area contributed by atoms with E-state index in [1.807, 2.05) is 38.1 Å². The number of hydrogen-bond acceptors (Lipinski definition) is 6. The molecule has 1 aliphatic rings. The smallest absolute Gasteiger partial charge is 0.271 e. The van der Waals surface area contributed by atoms with E-state index in [2.05, 4.69) is 21.6 Å². The van der Waals surface area contributed by atoms with E-state index in [-0.39, 0.29) is 0 Å². The fraction of sp³-hybridized carbons (Fsp3) is 0.364. The highest BCUT2D eigenvalue weighted by Crippen LogP contribution is 2.37. The molecule has 31 heavy (non-hydrogen) atoms.